The summed E-state index contributed by atoms with van der Waals surface area (Å²) in [4.78, 5) is 35.5. The second-order valence-electron chi connectivity index (χ2n) is 2.80. The number of ether oxygens (including phenoxy) is 2. The molecule has 0 saturated carbocycles. The van der Waals surface area contributed by atoms with E-state index in [1.54, 1.807) is 6.92 Å². The average molecular weight is 228 g/mol. The molecule has 0 radical (unpaired) electrons. The van der Waals surface area contributed by atoms with Gasteiger partial charge in [0.05, 0.1) is 6.61 Å². The van der Waals surface area contributed by atoms with E-state index in [9.17, 15) is 14.4 Å². The molecule has 7 heteroatoms. The molecular formula is C9H12N2O5. The number of carbonyl (C=O) groups excluding carboxylic acids is 3. The van der Waals surface area contributed by atoms with Crippen LogP contribution < -0.4 is 0 Å². The Kier molecular flexibility index (Phi) is 5.66. The minimum absolute atomic E-state index is 0.147. The first-order valence-electron chi connectivity index (χ1n) is 4.54. The van der Waals surface area contributed by atoms with Gasteiger partial charge in [-0.15, -0.1) is 0 Å². The van der Waals surface area contributed by atoms with E-state index >= 15 is 0 Å². The molecule has 0 spiro atoms. The Bertz CT molecular complexity index is 357. The van der Waals surface area contributed by atoms with E-state index in [1.807, 2.05) is 0 Å². The fraction of sp³-hybridized carbons (Fsp3) is 0.556. The third kappa shape index (κ3) is 4.02. The largest absolute Gasteiger partial charge is 0.463 e. The number of hydrogen-bond donors (Lipinski definition) is 0. The molecule has 0 aromatic heterocycles. The van der Waals surface area contributed by atoms with Gasteiger partial charge in [0.2, 0.25) is 5.78 Å². The van der Waals surface area contributed by atoms with Crippen molar-refractivity contribution in [2.75, 3.05) is 6.61 Å². The number of Topliss-reactive ketones (excluding diaryl/α,β-unsaturated/α-hetero) is 1. The summed E-state index contributed by atoms with van der Waals surface area (Å²) in [6.45, 7) is 4.06. The van der Waals surface area contributed by atoms with Crippen LogP contribution in [0.4, 0.5) is 0 Å². The summed E-state index contributed by atoms with van der Waals surface area (Å²) in [6.07, 6.45) is -1.16. The lowest BCUT2D eigenvalue weighted by Crippen LogP contribution is -2.32. The van der Waals surface area contributed by atoms with Gasteiger partial charge in [-0.25, -0.2) is 9.59 Å². The summed E-state index contributed by atoms with van der Waals surface area (Å²) in [5.41, 5.74) is 7.60. The van der Waals surface area contributed by atoms with E-state index in [0.717, 1.165) is 6.92 Å². The molecule has 0 aliphatic heterocycles. The minimum Gasteiger partial charge on any atom is -0.463 e. The van der Waals surface area contributed by atoms with Crippen LogP contribution >= 0.6 is 0 Å². The van der Waals surface area contributed by atoms with E-state index in [2.05, 4.69) is 14.3 Å². The van der Waals surface area contributed by atoms with Gasteiger partial charge in [-0.1, -0.05) is 0 Å². The molecule has 0 heterocycles. The second kappa shape index (κ2) is 6.47. The van der Waals surface area contributed by atoms with Crippen LogP contribution in [0.5, 0.6) is 0 Å². The van der Waals surface area contributed by atoms with Crippen molar-refractivity contribution in [3.63, 3.8) is 0 Å². The van der Waals surface area contributed by atoms with Crippen LogP contribution in [0.3, 0.4) is 0 Å². The highest BCUT2D eigenvalue weighted by Crippen LogP contribution is 1.96. The summed E-state index contributed by atoms with van der Waals surface area (Å²) in [7, 11) is 0. The van der Waals surface area contributed by atoms with Crippen molar-refractivity contribution in [2.45, 2.75) is 26.9 Å². The first kappa shape index (κ1) is 14.0. The number of rotatable bonds is 5. The lowest BCUT2D eigenvalue weighted by atomic mass is 10.3. The van der Waals surface area contributed by atoms with Gasteiger partial charge in [-0.3, -0.25) is 4.79 Å². The Hall–Kier alpha value is -2.01. The monoisotopic (exact) mass is 228 g/mol. The molecule has 0 aliphatic carbocycles. The molecule has 88 valence electrons. The Morgan fingerprint density at radius 1 is 1.38 bits per heavy atom. The Labute approximate surface area is 92.0 Å². The van der Waals surface area contributed by atoms with Gasteiger partial charge in [0.25, 0.3) is 0 Å². The molecule has 0 saturated heterocycles. The van der Waals surface area contributed by atoms with Crippen molar-refractivity contribution in [3.8, 4) is 0 Å². The van der Waals surface area contributed by atoms with Crippen LogP contribution in [-0.2, 0) is 23.9 Å². The van der Waals surface area contributed by atoms with Gasteiger partial charge in [0, 0.05) is 6.92 Å². The standard InChI is InChI=1S/C9H12N2O5/c1-4-15-8(13)6(3)16-9(14)7(11-10)5(2)12/h6H,4H2,1-3H3/t6-/m0/s1. The van der Waals surface area contributed by atoms with Gasteiger partial charge in [-0.2, -0.15) is 4.79 Å². The number of carbonyl (C=O) groups is 3. The third-order valence-corrected chi connectivity index (χ3v) is 1.53. The number of hydrogen-bond acceptors (Lipinski definition) is 5. The molecule has 0 aromatic rings. The highest BCUT2D eigenvalue weighted by molar-refractivity contribution is 6.61. The zero-order valence-electron chi connectivity index (χ0n) is 9.22. The van der Waals surface area contributed by atoms with E-state index in [-0.39, 0.29) is 6.61 Å². The normalized spacial score (nSPS) is 10.9. The fourth-order valence-corrected chi connectivity index (χ4v) is 0.779. The molecule has 0 amide bonds. The summed E-state index contributed by atoms with van der Waals surface area (Å²) >= 11 is 0. The average Bonchev–Trinajstić information content (AvgIpc) is 2.18. The summed E-state index contributed by atoms with van der Waals surface area (Å²) < 4.78 is 9.13. The molecule has 0 rings (SSSR count). The van der Waals surface area contributed by atoms with Crippen molar-refractivity contribution in [1.29, 1.82) is 0 Å². The van der Waals surface area contributed by atoms with Gasteiger partial charge < -0.3 is 15.0 Å². The predicted octanol–water partition coefficient (Wildman–Crippen LogP) is -0.259. The summed E-state index contributed by atoms with van der Waals surface area (Å²) in [6, 6.07) is 0. The molecule has 7 nitrogen and oxygen atoms in total. The molecule has 0 aliphatic rings. The van der Waals surface area contributed by atoms with Gasteiger partial charge in [-0.05, 0) is 13.8 Å². The topological polar surface area (TPSA) is 106 Å². The van der Waals surface area contributed by atoms with Gasteiger partial charge in [0.15, 0.2) is 6.10 Å². The zero-order chi connectivity index (χ0) is 12.7. The number of ketones is 1. The number of nitrogens with zero attached hydrogens (tertiary/aromatic N) is 2. The molecule has 0 bridgehead atoms. The Morgan fingerprint density at radius 3 is 2.31 bits per heavy atom. The van der Waals surface area contributed by atoms with Crippen molar-refractivity contribution in [3.05, 3.63) is 5.53 Å². The van der Waals surface area contributed by atoms with Crippen LogP contribution in [0, 0.1) is 0 Å². The Balaban J connectivity index is 4.51. The maximum Gasteiger partial charge on any atom is 0.441 e. The van der Waals surface area contributed by atoms with Crippen molar-refractivity contribution in [1.82, 2.24) is 0 Å². The fourth-order valence-electron chi connectivity index (χ4n) is 0.779. The second-order valence-corrected chi connectivity index (χ2v) is 2.80. The van der Waals surface area contributed by atoms with Crippen LogP contribution in [0.1, 0.15) is 20.8 Å². The lowest BCUT2D eigenvalue weighted by molar-refractivity contribution is -0.164. The van der Waals surface area contributed by atoms with E-state index in [0.29, 0.717) is 0 Å². The lowest BCUT2D eigenvalue weighted by Gasteiger charge is -2.09. The SMILES string of the molecule is CCOC(=O)[C@H](C)OC(=O)C(=[N+]=[N-])C(C)=O. The first-order valence-corrected chi connectivity index (χ1v) is 4.54. The van der Waals surface area contributed by atoms with Crippen LogP contribution in [-0.4, -0.2) is 40.9 Å². The smallest absolute Gasteiger partial charge is 0.441 e. The zero-order valence-corrected chi connectivity index (χ0v) is 9.22. The van der Waals surface area contributed by atoms with Gasteiger partial charge >= 0.3 is 17.7 Å². The molecule has 1 atom stereocenters. The Morgan fingerprint density at radius 2 is 1.94 bits per heavy atom. The van der Waals surface area contributed by atoms with Crippen LogP contribution in [0.2, 0.25) is 0 Å². The highest BCUT2D eigenvalue weighted by atomic mass is 16.6. The van der Waals surface area contributed by atoms with Crippen molar-refractivity contribution in [2.24, 2.45) is 0 Å². The van der Waals surface area contributed by atoms with E-state index in [1.165, 1.54) is 6.92 Å². The summed E-state index contributed by atoms with van der Waals surface area (Å²) in [5, 5.41) is 0. The summed E-state index contributed by atoms with van der Waals surface area (Å²) in [5.74, 6) is -2.67. The van der Waals surface area contributed by atoms with Crippen LogP contribution in [0.25, 0.3) is 5.53 Å². The highest BCUT2D eigenvalue weighted by Gasteiger charge is 2.31. The van der Waals surface area contributed by atoms with Crippen LogP contribution in [0.15, 0.2) is 0 Å². The molecule has 0 N–H and O–H groups in total. The maximum absolute atomic E-state index is 11.2. The quantitative estimate of drug-likeness (QED) is 0.212. The maximum atomic E-state index is 11.2. The molecule has 0 fully saturated rings. The molecular weight excluding hydrogens is 216 g/mol. The molecule has 0 aromatic carbocycles. The van der Waals surface area contributed by atoms with E-state index < -0.39 is 29.5 Å². The van der Waals surface area contributed by atoms with Gasteiger partial charge in [0.1, 0.15) is 0 Å². The van der Waals surface area contributed by atoms with Crippen molar-refractivity contribution < 1.29 is 28.6 Å². The first-order chi connectivity index (χ1) is 7.43. The third-order valence-electron chi connectivity index (χ3n) is 1.53. The molecule has 0 unspecified atom stereocenters. The van der Waals surface area contributed by atoms with E-state index in [4.69, 9.17) is 5.53 Å². The molecule has 16 heavy (non-hydrogen) atoms. The predicted molar refractivity (Wildman–Crippen MR) is 51.5 cm³/mol. The van der Waals surface area contributed by atoms with Crippen molar-refractivity contribution >= 4 is 23.4 Å². The number of esters is 2. The minimum atomic E-state index is -1.17.